The van der Waals surface area contributed by atoms with E-state index in [0.29, 0.717) is 0 Å². The van der Waals surface area contributed by atoms with Gasteiger partial charge in [0.25, 0.3) is 0 Å². The number of aryl methyl sites for hydroxylation is 1. The highest BCUT2D eigenvalue weighted by Gasteiger charge is 2.45. The predicted molar refractivity (Wildman–Crippen MR) is 53.5 cm³/mol. The van der Waals surface area contributed by atoms with E-state index in [9.17, 15) is 9.13 Å². The lowest BCUT2D eigenvalue weighted by atomic mass is 10.7. The predicted octanol–water partition coefficient (Wildman–Crippen LogP) is -1.01. The lowest BCUT2D eigenvalue weighted by molar-refractivity contribution is -0.671. The molecule has 0 aromatic carbocycles. The Morgan fingerprint density at radius 2 is 1.75 bits per heavy atom. The standard InChI is InChI=1S/C6H12N2O6P2/c1-7-2-3-8(5-7)4-6(15(9,10)11)16(12,13)14/h2-3,5-6H,4H2,1H3,(H3-,9,10,11,12,13,14)/p+1. The molecule has 0 fully saturated rings. The third-order valence-corrected chi connectivity index (χ3v) is 5.66. The normalized spacial score (nSPS) is 13.4. The van der Waals surface area contributed by atoms with Crippen molar-refractivity contribution < 1.29 is 33.3 Å². The molecule has 16 heavy (non-hydrogen) atoms. The van der Waals surface area contributed by atoms with Crippen LogP contribution in [0.5, 0.6) is 0 Å². The van der Waals surface area contributed by atoms with Crippen molar-refractivity contribution in [2.24, 2.45) is 7.05 Å². The molecule has 1 aromatic heterocycles. The minimum Gasteiger partial charge on any atom is -0.324 e. The molecule has 92 valence electrons. The van der Waals surface area contributed by atoms with Gasteiger partial charge in [-0.1, -0.05) is 0 Å². The molecule has 8 nitrogen and oxygen atoms in total. The summed E-state index contributed by atoms with van der Waals surface area (Å²) in [4.78, 5) is 35.5. The van der Waals surface area contributed by atoms with Crippen LogP contribution < -0.4 is 4.57 Å². The first-order chi connectivity index (χ1) is 7.10. The van der Waals surface area contributed by atoms with Crippen LogP contribution in [0.4, 0.5) is 0 Å². The molecule has 10 heteroatoms. The highest BCUT2D eigenvalue weighted by Crippen LogP contribution is 2.60. The van der Waals surface area contributed by atoms with Crippen molar-refractivity contribution in [3.63, 3.8) is 0 Å². The topological polar surface area (TPSA) is 124 Å². The Kier molecular flexibility index (Phi) is 3.74. The lowest BCUT2D eigenvalue weighted by Crippen LogP contribution is -2.25. The molecule has 0 aliphatic rings. The maximum absolute atomic E-state index is 11.0. The highest BCUT2D eigenvalue weighted by atomic mass is 31.2. The van der Waals surface area contributed by atoms with Crippen LogP contribution in [-0.4, -0.2) is 29.5 Å². The number of aromatic nitrogens is 2. The third kappa shape index (κ3) is 3.52. The Balaban J connectivity index is 2.97. The van der Waals surface area contributed by atoms with Gasteiger partial charge in [-0.25, -0.2) is 9.13 Å². The van der Waals surface area contributed by atoms with Crippen molar-refractivity contribution in [2.75, 3.05) is 0 Å². The Morgan fingerprint density at radius 3 is 2.06 bits per heavy atom. The minimum absolute atomic E-state index is 0.435. The Bertz CT molecular complexity index is 437. The van der Waals surface area contributed by atoms with Crippen LogP contribution in [0.1, 0.15) is 0 Å². The van der Waals surface area contributed by atoms with Crippen molar-refractivity contribution in [3.05, 3.63) is 18.7 Å². The van der Waals surface area contributed by atoms with Gasteiger partial charge in [0, 0.05) is 0 Å². The van der Waals surface area contributed by atoms with Gasteiger partial charge >= 0.3 is 15.2 Å². The molecule has 0 bridgehead atoms. The second-order valence-electron chi connectivity index (χ2n) is 3.43. The average Bonchev–Trinajstić information content (AvgIpc) is 2.43. The number of hydrogen-bond acceptors (Lipinski definition) is 2. The molecule has 0 atom stereocenters. The van der Waals surface area contributed by atoms with Crippen molar-refractivity contribution in [1.82, 2.24) is 4.57 Å². The molecule has 1 aromatic rings. The van der Waals surface area contributed by atoms with E-state index in [1.807, 2.05) is 0 Å². The minimum atomic E-state index is -4.85. The second-order valence-corrected chi connectivity index (χ2v) is 7.45. The van der Waals surface area contributed by atoms with E-state index >= 15 is 0 Å². The van der Waals surface area contributed by atoms with E-state index in [1.54, 1.807) is 17.8 Å². The lowest BCUT2D eigenvalue weighted by Gasteiger charge is -2.17. The van der Waals surface area contributed by atoms with Gasteiger partial charge in [-0.05, 0) is 0 Å². The summed E-state index contributed by atoms with van der Waals surface area (Å²) in [7, 11) is -8.01. The average molecular weight is 271 g/mol. The van der Waals surface area contributed by atoms with Crippen LogP contribution in [-0.2, 0) is 22.7 Å². The molecule has 0 amide bonds. The van der Waals surface area contributed by atoms with Gasteiger partial charge in [0.2, 0.25) is 6.33 Å². The zero-order valence-electron chi connectivity index (χ0n) is 8.41. The Morgan fingerprint density at radius 1 is 1.25 bits per heavy atom. The number of imidazole rings is 1. The molecule has 0 saturated heterocycles. The van der Waals surface area contributed by atoms with Crippen LogP contribution in [0.15, 0.2) is 18.7 Å². The summed E-state index contributed by atoms with van der Waals surface area (Å²) in [6.45, 7) is -0.435. The van der Waals surface area contributed by atoms with Gasteiger partial charge in [-0.2, -0.15) is 0 Å². The van der Waals surface area contributed by atoms with Crippen LogP contribution >= 0.6 is 15.2 Å². The summed E-state index contributed by atoms with van der Waals surface area (Å²) >= 11 is 0. The molecule has 0 spiro atoms. The van der Waals surface area contributed by atoms with E-state index in [2.05, 4.69) is 0 Å². The van der Waals surface area contributed by atoms with Gasteiger partial charge < -0.3 is 19.6 Å². The van der Waals surface area contributed by atoms with Crippen molar-refractivity contribution in [2.45, 2.75) is 11.9 Å². The van der Waals surface area contributed by atoms with Crippen molar-refractivity contribution in [1.29, 1.82) is 0 Å². The molecule has 0 radical (unpaired) electrons. The van der Waals surface area contributed by atoms with Gasteiger partial charge in [0.15, 0.2) is 5.40 Å². The van der Waals surface area contributed by atoms with E-state index < -0.39 is 27.1 Å². The maximum atomic E-state index is 11.0. The van der Waals surface area contributed by atoms with Crippen molar-refractivity contribution >= 4 is 15.2 Å². The number of rotatable bonds is 4. The molecule has 0 aliphatic heterocycles. The highest BCUT2D eigenvalue weighted by molar-refractivity contribution is 7.70. The monoisotopic (exact) mass is 271 g/mol. The fraction of sp³-hybridized carbons (Fsp3) is 0.500. The summed E-state index contributed by atoms with van der Waals surface area (Å²) in [6.07, 6.45) is 4.53. The molecule has 0 unspecified atom stereocenters. The summed E-state index contributed by atoms with van der Waals surface area (Å²) in [5.41, 5.74) is 0. The van der Waals surface area contributed by atoms with Gasteiger partial charge in [-0.15, -0.1) is 0 Å². The van der Waals surface area contributed by atoms with E-state index in [4.69, 9.17) is 19.6 Å². The summed E-state index contributed by atoms with van der Waals surface area (Å²) in [6, 6.07) is 0. The number of nitrogens with zero attached hydrogens (tertiary/aromatic N) is 2. The van der Waals surface area contributed by atoms with Gasteiger partial charge in [0.05, 0.1) is 7.05 Å². The fourth-order valence-corrected chi connectivity index (χ4v) is 3.58. The molecular formula is C6H13N2O6P2+. The molecule has 0 saturated carbocycles. The van der Waals surface area contributed by atoms with Gasteiger partial charge in [0.1, 0.15) is 18.9 Å². The van der Waals surface area contributed by atoms with E-state index in [1.165, 1.54) is 17.1 Å². The summed E-state index contributed by atoms with van der Waals surface area (Å²) < 4.78 is 24.8. The van der Waals surface area contributed by atoms with E-state index in [-0.39, 0.29) is 0 Å². The largest absolute Gasteiger partial charge is 0.344 e. The zero-order valence-corrected chi connectivity index (χ0v) is 10.2. The SMILES string of the molecule is C[n+]1ccn(CC(P(=O)(O)O)P(=O)(O)O)c1. The van der Waals surface area contributed by atoms with Crippen LogP contribution in [0.25, 0.3) is 0 Å². The first-order valence-corrected chi connectivity index (χ1v) is 7.58. The van der Waals surface area contributed by atoms with E-state index in [0.717, 1.165) is 0 Å². The molecule has 1 rings (SSSR count). The summed E-state index contributed by atoms with van der Waals surface area (Å²) in [5, 5.41) is -2.01. The third-order valence-electron chi connectivity index (χ3n) is 1.97. The molecule has 0 aliphatic carbocycles. The Labute approximate surface area is 91.5 Å². The fourth-order valence-electron chi connectivity index (χ4n) is 1.21. The molecule has 1 heterocycles. The summed E-state index contributed by atoms with van der Waals surface area (Å²) in [5.74, 6) is 0. The van der Waals surface area contributed by atoms with Crippen LogP contribution in [0.2, 0.25) is 0 Å². The first-order valence-electron chi connectivity index (χ1n) is 4.22. The molecular weight excluding hydrogens is 258 g/mol. The van der Waals surface area contributed by atoms with Crippen LogP contribution in [0.3, 0.4) is 0 Å². The number of hydrogen-bond donors (Lipinski definition) is 4. The zero-order chi connectivity index (χ0) is 12.6. The first kappa shape index (κ1) is 13.6. The van der Waals surface area contributed by atoms with Crippen LogP contribution in [0, 0.1) is 0 Å². The second kappa shape index (κ2) is 4.41. The smallest absolute Gasteiger partial charge is 0.324 e. The maximum Gasteiger partial charge on any atom is 0.344 e. The molecule has 4 N–H and O–H groups in total. The Hall–Kier alpha value is -0.490. The quantitative estimate of drug-likeness (QED) is 0.411. The van der Waals surface area contributed by atoms with Crippen molar-refractivity contribution in [3.8, 4) is 0 Å². The van der Waals surface area contributed by atoms with Gasteiger partial charge in [-0.3, -0.25) is 9.13 Å².